The lowest BCUT2D eigenvalue weighted by atomic mass is 9.93. The van der Waals surface area contributed by atoms with Gasteiger partial charge in [0.15, 0.2) is 0 Å². The third kappa shape index (κ3) is 4.60. The van der Waals surface area contributed by atoms with E-state index < -0.39 is 46.8 Å². The Morgan fingerprint density at radius 2 is 1.82 bits per heavy atom. The second kappa shape index (κ2) is 9.25. The molecule has 12 heteroatoms. The summed E-state index contributed by atoms with van der Waals surface area (Å²) < 4.78 is 69.3. The van der Waals surface area contributed by atoms with Gasteiger partial charge in [-0.1, -0.05) is 11.6 Å². The summed E-state index contributed by atoms with van der Waals surface area (Å²) in [4.78, 5) is 26.1. The number of benzene rings is 3. The van der Waals surface area contributed by atoms with Gasteiger partial charge in [-0.05, 0) is 54.6 Å². The summed E-state index contributed by atoms with van der Waals surface area (Å²) in [6.45, 7) is 0. The Bertz CT molecular complexity index is 1620. The van der Waals surface area contributed by atoms with Gasteiger partial charge >= 0.3 is 6.18 Å². The Labute approximate surface area is 217 Å². The van der Waals surface area contributed by atoms with Crippen LogP contribution in [0.3, 0.4) is 0 Å². The van der Waals surface area contributed by atoms with Crippen LogP contribution >= 0.6 is 11.6 Å². The van der Waals surface area contributed by atoms with E-state index in [0.717, 1.165) is 12.1 Å². The number of rotatable bonds is 4. The van der Waals surface area contributed by atoms with E-state index in [1.165, 1.54) is 23.0 Å². The van der Waals surface area contributed by atoms with E-state index >= 15 is 0 Å². The number of nitrogens with zero attached hydrogens (tertiary/aromatic N) is 2. The van der Waals surface area contributed by atoms with E-state index in [1.54, 1.807) is 19.2 Å². The van der Waals surface area contributed by atoms with Crippen molar-refractivity contribution in [2.24, 2.45) is 7.05 Å². The third-order valence-electron chi connectivity index (χ3n) is 6.11. The van der Waals surface area contributed by atoms with Gasteiger partial charge < -0.3 is 10.6 Å². The number of carbonyl (C=O) groups excluding carboxylic acids is 2. The van der Waals surface area contributed by atoms with E-state index in [1.807, 2.05) is 0 Å². The molecule has 0 unspecified atom stereocenters. The van der Waals surface area contributed by atoms with E-state index in [2.05, 4.69) is 15.7 Å². The topological polar surface area (TPSA) is 76.0 Å². The molecule has 2 N–H and O–H groups in total. The molecular formula is C26H16ClF5N4O2. The summed E-state index contributed by atoms with van der Waals surface area (Å²) in [7, 11) is 1.65. The normalized spacial score (nSPS) is 14.8. The first-order valence-electron chi connectivity index (χ1n) is 11.0. The van der Waals surface area contributed by atoms with Crippen LogP contribution in [-0.2, 0) is 13.2 Å². The minimum Gasteiger partial charge on any atom is -0.341 e. The highest BCUT2D eigenvalue weighted by atomic mass is 35.5. The second-order valence-corrected chi connectivity index (χ2v) is 8.99. The van der Waals surface area contributed by atoms with Gasteiger partial charge in [0.25, 0.3) is 11.8 Å². The number of fused-ring (bicyclic) bond motifs is 1. The highest BCUT2D eigenvalue weighted by molar-refractivity contribution is 6.31. The zero-order valence-corrected chi connectivity index (χ0v) is 20.1. The van der Waals surface area contributed by atoms with E-state index in [0.29, 0.717) is 23.4 Å². The molecule has 4 aromatic rings. The minimum atomic E-state index is -4.88. The van der Waals surface area contributed by atoms with Crippen LogP contribution in [0.5, 0.6) is 0 Å². The van der Waals surface area contributed by atoms with E-state index in [4.69, 9.17) is 11.6 Å². The van der Waals surface area contributed by atoms with Crippen LogP contribution in [0, 0.1) is 11.6 Å². The molecule has 0 saturated carbocycles. The maximum atomic E-state index is 14.1. The number of nitrogens with one attached hydrogen (secondary N) is 2. The molecule has 2 heterocycles. The number of hydrogen-bond acceptors (Lipinski definition) is 3. The zero-order chi connectivity index (χ0) is 27.4. The van der Waals surface area contributed by atoms with Crippen molar-refractivity contribution in [3.05, 3.63) is 105 Å². The SMILES string of the molecule is Cn1nccc1-c1cc(NC(=O)c2cc(F)cc(C(F)(F)F)c2)c2c(c1)C(=O)N[C@H]2c1cc(F)ccc1Cl. The van der Waals surface area contributed by atoms with Crippen molar-refractivity contribution in [1.29, 1.82) is 0 Å². The molecule has 5 rings (SSSR count). The Morgan fingerprint density at radius 3 is 2.50 bits per heavy atom. The van der Waals surface area contributed by atoms with Gasteiger partial charge in [-0.2, -0.15) is 18.3 Å². The van der Waals surface area contributed by atoms with Gasteiger partial charge in [0, 0.05) is 51.8 Å². The first kappa shape index (κ1) is 25.4. The van der Waals surface area contributed by atoms with E-state index in [-0.39, 0.29) is 33.5 Å². The molecule has 38 heavy (non-hydrogen) atoms. The Morgan fingerprint density at radius 1 is 1.05 bits per heavy atom. The average Bonchev–Trinajstić information content (AvgIpc) is 3.42. The van der Waals surface area contributed by atoms with Gasteiger partial charge in [0.2, 0.25) is 0 Å². The maximum Gasteiger partial charge on any atom is 0.416 e. The van der Waals surface area contributed by atoms with Crippen molar-refractivity contribution < 1.29 is 31.5 Å². The number of aromatic nitrogens is 2. The molecule has 1 aliphatic heterocycles. The first-order chi connectivity index (χ1) is 17.9. The highest BCUT2D eigenvalue weighted by Gasteiger charge is 2.36. The molecule has 1 aliphatic rings. The van der Waals surface area contributed by atoms with Crippen molar-refractivity contribution in [2.45, 2.75) is 12.2 Å². The van der Waals surface area contributed by atoms with Gasteiger partial charge in [0.05, 0.1) is 17.3 Å². The first-order valence-corrected chi connectivity index (χ1v) is 11.4. The van der Waals surface area contributed by atoms with Crippen LogP contribution < -0.4 is 10.6 Å². The number of carbonyl (C=O) groups is 2. The lowest BCUT2D eigenvalue weighted by Crippen LogP contribution is -2.21. The molecule has 3 aromatic carbocycles. The largest absolute Gasteiger partial charge is 0.416 e. The summed E-state index contributed by atoms with van der Waals surface area (Å²) in [6.07, 6.45) is -3.37. The summed E-state index contributed by atoms with van der Waals surface area (Å²) in [5.74, 6) is -3.47. The molecule has 0 radical (unpaired) electrons. The van der Waals surface area contributed by atoms with Crippen molar-refractivity contribution in [1.82, 2.24) is 15.1 Å². The Hall–Kier alpha value is -4.25. The van der Waals surface area contributed by atoms with Crippen molar-refractivity contribution in [2.75, 3.05) is 5.32 Å². The minimum absolute atomic E-state index is 0.0326. The molecule has 0 aliphatic carbocycles. The number of alkyl halides is 3. The van der Waals surface area contributed by atoms with Crippen molar-refractivity contribution >= 4 is 29.1 Å². The Kier molecular flexibility index (Phi) is 6.18. The van der Waals surface area contributed by atoms with Gasteiger partial charge in [0.1, 0.15) is 11.6 Å². The van der Waals surface area contributed by atoms with Gasteiger partial charge in [-0.3, -0.25) is 14.3 Å². The number of anilines is 1. The molecule has 1 atom stereocenters. The summed E-state index contributed by atoms with van der Waals surface area (Å²) in [6, 6.07) is 8.76. The molecule has 0 fully saturated rings. The highest BCUT2D eigenvalue weighted by Crippen LogP contribution is 2.42. The van der Waals surface area contributed by atoms with Crippen LogP contribution in [0.2, 0.25) is 5.02 Å². The second-order valence-electron chi connectivity index (χ2n) is 8.58. The molecule has 0 saturated heterocycles. The number of amides is 2. The molecule has 194 valence electrons. The number of hydrogen-bond donors (Lipinski definition) is 2. The number of halogens is 6. The monoisotopic (exact) mass is 546 g/mol. The van der Waals surface area contributed by atoms with Gasteiger partial charge in [-0.15, -0.1) is 0 Å². The average molecular weight is 547 g/mol. The van der Waals surface area contributed by atoms with Crippen LogP contribution in [0.25, 0.3) is 11.3 Å². The molecule has 6 nitrogen and oxygen atoms in total. The third-order valence-corrected chi connectivity index (χ3v) is 6.45. The predicted molar refractivity (Wildman–Crippen MR) is 129 cm³/mol. The summed E-state index contributed by atoms with van der Waals surface area (Å²) in [5.41, 5.74) is -0.331. The molecule has 0 spiro atoms. The lowest BCUT2D eigenvalue weighted by Gasteiger charge is -2.19. The molecule has 2 amide bonds. The number of aryl methyl sites for hydroxylation is 1. The predicted octanol–water partition coefficient (Wildman–Crippen LogP) is 6.12. The van der Waals surface area contributed by atoms with Crippen LogP contribution in [0.4, 0.5) is 27.6 Å². The molecular weight excluding hydrogens is 531 g/mol. The van der Waals surface area contributed by atoms with Crippen LogP contribution in [-0.4, -0.2) is 21.6 Å². The summed E-state index contributed by atoms with van der Waals surface area (Å²) in [5, 5.41) is 9.45. The van der Waals surface area contributed by atoms with Crippen molar-refractivity contribution in [3.63, 3.8) is 0 Å². The van der Waals surface area contributed by atoms with Crippen molar-refractivity contribution in [3.8, 4) is 11.3 Å². The maximum absolute atomic E-state index is 14.1. The smallest absolute Gasteiger partial charge is 0.341 e. The van der Waals surface area contributed by atoms with Crippen LogP contribution in [0.15, 0.2) is 60.8 Å². The lowest BCUT2D eigenvalue weighted by molar-refractivity contribution is -0.137. The molecule has 1 aromatic heterocycles. The standard InChI is InChI=1S/C26H16ClF5N4O2/c1-36-21(4-5-33-36)12-8-18-22(23(35-25(18)38)17-11-15(28)2-3-19(17)27)20(9-12)34-24(37)13-6-14(26(30,31)32)10-16(29)7-13/h2-11,23H,1H3,(H,34,37)(H,35,38)/t23-/m0/s1. The molecule has 0 bridgehead atoms. The van der Waals surface area contributed by atoms with E-state index in [9.17, 15) is 31.5 Å². The Balaban J connectivity index is 1.66. The fraction of sp³-hybridized carbons (Fsp3) is 0.115. The summed E-state index contributed by atoms with van der Waals surface area (Å²) >= 11 is 6.29. The fourth-order valence-corrected chi connectivity index (χ4v) is 4.62. The fourth-order valence-electron chi connectivity index (χ4n) is 4.39. The van der Waals surface area contributed by atoms with Crippen LogP contribution in [0.1, 0.15) is 43.4 Å². The quantitative estimate of drug-likeness (QED) is 0.303. The zero-order valence-electron chi connectivity index (χ0n) is 19.3. The van der Waals surface area contributed by atoms with Gasteiger partial charge in [-0.25, -0.2) is 8.78 Å².